The van der Waals surface area contributed by atoms with Crippen LogP contribution < -0.4 is 0 Å². The van der Waals surface area contributed by atoms with Gasteiger partial charge in [-0.2, -0.15) is 0 Å². The predicted molar refractivity (Wildman–Crippen MR) is 58.5 cm³/mol. The minimum absolute atomic E-state index is 0.0320. The van der Waals surface area contributed by atoms with E-state index in [0.717, 1.165) is 0 Å². The average molecular weight is 259 g/mol. The molecule has 0 radical (unpaired) electrons. The van der Waals surface area contributed by atoms with Crippen LogP contribution in [-0.2, 0) is 23.7 Å². The van der Waals surface area contributed by atoms with Crippen molar-refractivity contribution in [3.05, 3.63) is 0 Å². The molecule has 2 heterocycles. The highest BCUT2D eigenvalue weighted by Gasteiger charge is 2.72. The van der Waals surface area contributed by atoms with Gasteiger partial charge < -0.3 is 18.9 Å². The number of nitrogens with zero attached hydrogens (tertiary/aromatic N) is 1. The van der Waals surface area contributed by atoms with Crippen LogP contribution in [0.1, 0.15) is 20.8 Å². The summed E-state index contributed by atoms with van der Waals surface area (Å²) in [4.78, 5) is 25.1. The van der Waals surface area contributed by atoms with E-state index in [1.807, 2.05) is 0 Å². The number of rotatable bonds is 2. The number of cyclic esters (lactones) is 1. The molecule has 0 unspecified atom stereocenters. The Balaban J connectivity index is 2.48. The second kappa shape index (κ2) is 3.58. The van der Waals surface area contributed by atoms with Crippen molar-refractivity contribution in [1.29, 1.82) is 0 Å². The quantitative estimate of drug-likeness (QED) is 0.671. The van der Waals surface area contributed by atoms with Crippen molar-refractivity contribution < 1.29 is 28.5 Å². The Morgan fingerprint density at radius 1 is 1.33 bits per heavy atom. The van der Waals surface area contributed by atoms with E-state index in [-0.39, 0.29) is 6.61 Å². The molecule has 0 saturated carbocycles. The standard InChI is InChI=1S/C11H17NO6/c1-9(7(13)15-4)6-17-10(2)11(3,16-5)18-8(14)12(9)10/h6H2,1-5H3/t9-,10-,11+/m0/s1. The Morgan fingerprint density at radius 2 is 1.94 bits per heavy atom. The van der Waals surface area contributed by atoms with E-state index < -0.39 is 29.1 Å². The van der Waals surface area contributed by atoms with E-state index in [1.165, 1.54) is 19.1 Å². The fourth-order valence-corrected chi connectivity index (χ4v) is 2.50. The van der Waals surface area contributed by atoms with Crippen molar-refractivity contribution in [1.82, 2.24) is 4.90 Å². The molecule has 3 atom stereocenters. The fraction of sp³-hybridized carbons (Fsp3) is 0.818. The molecule has 0 aromatic heterocycles. The molecule has 0 N–H and O–H groups in total. The van der Waals surface area contributed by atoms with E-state index in [2.05, 4.69) is 0 Å². The van der Waals surface area contributed by atoms with Gasteiger partial charge in [0.1, 0.15) is 0 Å². The number of hydrogen-bond acceptors (Lipinski definition) is 6. The van der Waals surface area contributed by atoms with Gasteiger partial charge in [-0.15, -0.1) is 0 Å². The van der Waals surface area contributed by atoms with Gasteiger partial charge in [0.05, 0.1) is 13.7 Å². The zero-order valence-electron chi connectivity index (χ0n) is 11.1. The maximum Gasteiger partial charge on any atom is 0.416 e. The van der Waals surface area contributed by atoms with Gasteiger partial charge in [-0.3, -0.25) is 4.90 Å². The molecular formula is C11H17NO6. The van der Waals surface area contributed by atoms with E-state index >= 15 is 0 Å². The summed E-state index contributed by atoms with van der Waals surface area (Å²) in [6.07, 6.45) is -0.660. The summed E-state index contributed by atoms with van der Waals surface area (Å²) in [5.41, 5.74) is -2.38. The fourth-order valence-electron chi connectivity index (χ4n) is 2.50. The number of carbonyl (C=O) groups excluding carboxylic acids is 2. The Kier molecular flexibility index (Phi) is 2.61. The highest BCUT2D eigenvalue weighted by Crippen LogP contribution is 2.49. The van der Waals surface area contributed by atoms with Crippen molar-refractivity contribution in [2.45, 2.75) is 37.8 Å². The van der Waals surface area contributed by atoms with Crippen molar-refractivity contribution in [2.75, 3.05) is 20.8 Å². The van der Waals surface area contributed by atoms with Gasteiger partial charge in [-0.05, 0) is 13.8 Å². The molecule has 2 aliphatic heterocycles. The smallest absolute Gasteiger partial charge is 0.416 e. The number of hydrogen-bond donors (Lipinski definition) is 0. The minimum Gasteiger partial charge on any atom is -0.467 e. The van der Waals surface area contributed by atoms with E-state index in [1.54, 1.807) is 20.8 Å². The molecule has 2 saturated heterocycles. The number of ether oxygens (including phenoxy) is 4. The summed E-state index contributed by atoms with van der Waals surface area (Å²) in [6.45, 7) is 4.85. The summed E-state index contributed by atoms with van der Waals surface area (Å²) in [5, 5.41) is 0. The molecule has 2 rings (SSSR count). The summed E-state index contributed by atoms with van der Waals surface area (Å²) in [7, 11) is 2.68. The van der Waals surface area contributed by atoms with Crippen LogP contribution in [0.25, 0.3) is 0 Å². The molecule has 7 nitrogen and oxygen atoms in total. The molecule has 0 spiro atoms. The van der Waals surface area contributed by atoms with Crippen LogP contribution in [0, 0.1) is 0 Å². The van der Waals surface area contributed by atoms with Crippen LogP contribution in [-0.4, -0.2) is 54.8 Å². The third-order valence-corrected chi connectivity index (χ3v) is 3.88. The second-order valence-corrected chi connectivity index (χ2v) is 4.89. The average Bonchev–Trinajstić information content (AvgIpc) is 2.73. The lowest BCUT2D eigenvalue weighted by Gasteiger charge is -2.36. The van der Waals surface area contributed by atoms with Gasteiger partial charge in [0, 0.05) is 14.0 Å². The lowest BCUT2D eigenvalue weighted by atomic mass is 9.99. The first-order chi connectivity index (χ1) is 8.25. The number of fused-ring (bicyclic) bond motifs is 1. The SMILES string of the molecule is COC(=O)[C@]1(C)CO[C@]2(C)N1C(=O)O[C@@]2(C)OC. The molecular weight excluding hydrogens is 242 g/mol. The van der Waals surface area contributed by atoms with Crippen molar-refractivity contribution in [3.8, 4) is 0 Å². The molecule has 7 heteroatoms. The Labute approximate surface area is 105 Å². The van der Waals surface area contributed by atoms with Crippen LogP contribution in [0.3, 0.4) is 0 Å². The van der Waals surface area contributed by atoms with Gasteiger partial charge in [0.2, 0.25) is 5.72 Å². The van der Waals surface area contributed by atoms with Crippen LogP contribution in [0.15, 0.2) is 0 Å². The van der Waals surface area contributed by atoms with Crippen LogP contribution in [0.2, 0.25) is 0 Å². The van der Waals surface area contributed by atoms with Gasteiger partial charge in [-0.25, -0.2) is 9.59 Å². The van der Waals surface area contributed by atoms with Crippen molar-refractivity contribution >= 4 is 12.1 Å². The minimum atomic E-state index is -1.27. The normalized spacial score (nSPS) is 42.7. The van der Waals surface area contributed by atoms with Crippen LogP contribution in [0.5, 0.6) is 0 Å². The van der Waals surface area contributed by atoms with Crippen molar-refractivity contribution in [2.24, 2.45) is 0 Å². The first-order valence-corrected chi connectivity index (χ1v) is 5.56. The lowest BCUT2D eigenvalue weighted by Crippen LogP contribution is -2.60. The molecule has 102 valence electrons. The molecule has 0 bridgehead atoms. The number of esters is 1. The summed E-state index contributed by atoms with van der Waals surface area (Å²) in [5.74, 6) is -1.82. The second-order valence-electron chi connectivity index (χ2n) is 4.89. The van der Waals surface area contributed by atoms with Gasteiger partial charge in [-0.1, -0.05) is 0 Å². The number of amides is 1. The van der Waals surface area contributed by atoms with E-state index in [9.17, 15) is 9.59 Å². The molecule has 1 amide bonds. The first-order valence-electron chi connectivity index (χ1n) is 5.56. The zero-order valence-corrected chi connectivity index (χ0v) is 11.1. The monoisotopic (exact) mass is 259 g/mol. The zero-order chi connectivity index (χ0) is 13.8. The van der Waals surface area contributed by atoms with Crippen LogP contribution in [0.4, 0.5) is 4.79 Å². The topological polar surface area (TPSA) is 74.3 Å². The Hall–Kier alpha value is -1.34. The lowest BCUT2D eigenvalue weighted by molar-refractivity contribution is -0.259. The Bertz CT molecular complexity index is 412. The van der Waals surface area contributed by atoms with Gasteiger partial charge in [0.25, 0.3) is 5.79 Å². The van der Waals surface area contributed by atoms with E-state index in [0.29, 0.717) is 0 Å². The van der Waals surface area contributed by atoms with Crippen LogP contribution >= 0.6 is 0 Å². The summed E-state index contributed by atoms with van der Waals surface area (Å²) in [6, 6.07) is 0. The maximum absolute atomic E-state index is 12.0. The molecule has 0 aliphatic carbocycles. The molecule has 2 aliphatic rings. The number of methoxy groups -OCH3 is 2. The largest absolute Gasteiger partial charge is 0.467 e. The molecule has 0 aromatic rings. The van der Waals surface area contributed by atoms with E-state index in [4.69, 9.17) is 18.9 Å². The Morgan fingerprint density at radius 3 is 2.44 bits per heavy atom. The molecule has 18 heavy (non-hydrogen) atoms. The number of carbonyl (C=O) groups is 2. The summed E-state index contributed by atoms with van der Waals surface area (Å²) < 4.78 is 20.8. The van der Waals surface area contributed by atoms with Gasteiger partial charge >= 0.3 is 12.1 Å². The molecule has 0 aromatic carbocycles. The third kappa shape index (κ3) is 1.26. The highest BCUT2D eigenvalue weighted by molar-refractivity contribution is 5.87. The maximum atomic E-state index is 12.0. The predicted octanol–water partition coefficient (Wildman–Crippen LogP) is 0.479. The highest BCUT2D eigenvalue weighted by atomic mass is 16.8. The first kappa shape index (κ1) is 13.1. The summed E-state index contributed by atoms with van der Waals surface area (Å²) >= 11 is 0. The third-order valence-electron chi connectivity index (χ3n) is 3.88. The van der Waals surface area contributed by atoms with Crippen molar-refractivity contribution in [3.63, 3.8) is 0 Å². The molecule has 2 fully saturated rings. The van der Waals surface area contributed by atoms with Gasteiger partial charge in [0.15, 0.2) is 5.54 Å².